The molecule has 2 nitrogen and oxygen atoms in total. The maximum absolute atomic E-state index is 11.4. The van der Waals surface area contributed by atoms with Gasteiger partial charge in [-0.05, 0) is 31.9 Å². The van der Waals surface area contributed by atoms with Crippen molar-refractivity contribution < 1.29 is 4.79 Å². The van der Waals surface area contributed by atoms with E-state index in [0.717, 1.165) is 18.5 Å². The van der Waals surface area contributed by atoms with Crippen LogP contribution in [0.3, 0.4) is 0 Å². The first-order chi connectivity index (χ1) is 8.60. The number of allylic oxidation sites excluding steroid dienone is 5. The van der Waals surface area contributed by atoms with Crippen LogP contribution < -0.4 is 5.32 Å². The van der Waals surface area contributed by atoms with E-state index in [1.807, 2.05) is 12.7 Å². The minimum absolute atomic E-state index is 0.103. The van der Waals surface area contributed by atoms with E-state index >= 15 is 0 Å². The molecule has 5 heteroatoms. The average Bonchev–Trinajstić information content (AvgIpc) is 2.29. The Balaban J connectivity index is 4.04. The number of rotatable bonds is 9. The molecule has 0 radical (unpaired) electrons. The predicted molar refractivity (Wildman–Crippen MR) is 83.9 cm³/mol. The highest BCUT2D eigenvalue weighted by Crippen LogP contribution is 2.06. The summed E-state index contributed by atoms with van der Waals surface area (Å²) in [5.74, 6) is 2.35. The van der Waals surface area contributed by atoms with E-state index in [2.05, 4.69) is 14.2 Å². The van der Waals surface area contributed by atoms with Gasteiger partial charge in [0.05, 0.1) is 0 Å². The van der Waals surface area contributed by atoms with Crippen LogP contribution in [0.25, 0.3) is 0 Å². The number of halogens is 2. The minimum Gasteiger partial charge on any atom is -0.365 e. The molecule has 18 heavy (non-hydrogen) atoms. The summed E-state index contributed by atoms with van der Waals surface area (Å²) in [6.45, 7) is 1.86. The average molecular weight is 306 g/mol. The quantitative estimate of drug-likeness (QED) is 0.229. The molecule has 0 saturated heterocycles. The summed E-state index contributed by atoms with van der Waals surface area (Å²) in [6.07, 6.45) is 8.89. The number of hydrogen-bond acceptors (Lipinski definition) is 2. The van der Waals surface area contributed by atoms with Gasteiger partial charge in [0.15, 0.2) is 5.78 Å². The third-order valence-electron chi connectivity index (χ3n) is 1.98. The zero-order valence-electron chi connectivity index (χ0n) is 10.4. The molecule has 0 fully saturated rings. The molecule has 0 atom stereocenters. The van der Waals surface area contributed by atoms with Crippen LogP contribution in [0.1, 0.15) is 26.2 Å². The maximum atomic E-state index is 11.4. The Labute approximate surface area is 121 Å². The van der Waals surface area contributed by atoms with E-state index < -0.39 is 0 Å². The molecule has 0 saturated carbocycles. The van der Waals surface area contributed by atoms with Gasteiger partial charge in [-0.15, -0.1) is 20.5 Å². The Kier molecular flexibility index (Phi) is 11.2. The molecule has 1 N–H and O–H groups in total. The second-order valence-corrected chi connectivity index (χ2v) is 4.76. The van der Waals surface area contributed by atoms with E-state index in [1.165, 1.54) is 6.08 Å². The largest absolute Gasteiger partial charge is 0.365 e. The van der Waals surface area contributed by atoms with Crippen molar-refractivity contribution in [3.05, 3.63) is 35.2 Å². The molecule has 0 heterocycles. The van der Waals surface area contributed by atoms with Crippen molar-refractivity contribution in [2.24, 2.45) is 0 Å². The fourth-order valence-corrected chi connectivity index (χ4v) is 1.80. The minimum atomic E-state index is 0.103. The van der Waals surface area contributed by atoms with Crippen LogP contribution in [0.2, 0.25) is 0 Å². The summed E-state index contributed by atoms with van der Waals surface area (Å²) in [5, 5.41) is 3.54. The highest BCUT2D eigenvalue weighted by molar-refractivity contribution is 7.18. The van der Waals surface area contributed by atoms with Gasteiger partial charge in [-0.1, -0.05) is 23.5 Å². The third kappa shape index (κ3) is 10.6. The smallest absolute Gasteiger partial charge is 0.157 e. The summed E-state index contributed by atoms with van der Waals surface area (Å²) in [5.41, 5.74) is 0.846. The molecular weight excluding hydrogens is 288 g/mol. The molecule has 0 aromatic rings. The third-order valence-corrected chi connectivity index (χ3v) is 2.68. The summed E-state index contributed by atoms with van der Waals surface area (Å²) >= 11 is 11.4. The second kappa shape index (κ2) is 11.5. The van der Waals surface area contributed by atoms with Crippen LogP contribution in [-0.4, -0.2) is 17.5 Å². The first-order valence-corrected chi connectivity index (χ1v) is 7.14. The Morgan fingerprint density at radius 3 is 2.78 bits per heavy atom. The Morgan fingerprint density at radius 2 is 2.17 bits per heavy atom. The van der Waals surface area contributed by atoms with Crippen molar-refractivity contribution in [2.45, 2.75) is 26.2 Å². The van der Waals surface area contributed by atoms with Crippen molar-refractivity contribution in [1.82, 2.24) is 5.32 Å². The van der Waals surface area contributed by atoms with Gasteiger partial charge in [-0.25, -0.2) is 0 Å². The second-order valence-electron chi connectivity index (χ2n) is 3.61. The Bertz CT molecular complexity index is 362. The molecule has 100 valence electrons. The number of carbonyl (C=O) groups excluding carboxylic acids is 1. The van der Waals surface area contributed by atoms with Gasteiger partial charge in [0.2, 0.25) is 0 Å². The Hall–Kier alpha value is -0.560. The van der Waals surface area contributed by atoms with Crippen LogP contribution in [0.4, 0.5) is 0 Å². The Morgan fingerprint density at radius 1 is 1.44 bits per heavy atom. The van der Waals surface area contributed by atoms with Gasteiger partial charge >= 0.3 is 0 Å². The maximum Gasteiger partial charge on any atom is 0.157 e. The first kappa shape index (κ1) is 17.4. The van der Waals surface area contributed by atoms with Gasteiger partial charge in [0.25, 0.3) is 0 Å². The molecule has 0 aliphatic rings. The normalized spacial score (nSPS) is 12.8. The van der Waals surface area contributed by atoms with Crippen molar-refractivity contribution in [3.8, 4) is 0 Å². The fraction of sp³-hybridized carbons (Fsp3) is 0.385. The molecule has 0 aromatic carbocycles. The van der Waals surface area contributed by atoms with Crippen molar-refractivity contribution in [3.63, 3.8) is 0 Å². The lowest BCUT2D eigenvalue weighted by molar-refractivity contribution is -0.114. The zero-order chi connectivity index (χ0) is 13.8. The molecule has 0 rings (SSSR count). The van der Waals surface area contributed by atoms with Gasteiger partial charge in [0, 0.05) is 29.2 Å². The topological polar surface area (TPSA) is 29.1 Å². The number of alkyl halides is 1. The number of unbranched alkanes of at least 4 members (excludes halogenated alkanes) is 1. The van der Waals surface area contributed by atoms with Crippen LogP contribution in [-0.2, 0) is 4.79 Å². The monoisotopic (exact) mass is 305 g/mol. The van der Waals surface area contributed by atoms with Gasteiger partial charge in [0.1, 0.15) is 0 Å². The number of ketones is 1. The lowest BCUT2D eigenvalue weighted by atomic mass is 10.2. The van der Waals surface area contributed by atoms with E-state index in [0.29, 0.717) is 17.3 Å². The van der Waals surface area contributed by atoms with Crippen LogP contribution in [0, 0.1) is 0 Å². The van der Waals surface area contributed by atoms with Crippen molar-refractivity contribution in [2.75, 3.05) is 5.88 Å². The standard InChI is InChI=1S/C13H18Cl2NOP/c1-11(10-12(15)5-7-14)16-8-6-13(17)4-2-3-9-18/h5-6,8-10,16,18H,2-4,7H2,1H3/b8-6+,11-10+,12-5+. The number of nitrogens with one attached hydrogen (secondary N) is 1. The van der Waals surface area contributed by atoms with Gasteiger partial charge in [-0.3, -0.25) is 4.79 Å². The molecule has 0 spiro atoms. The number of carbonyl (C=O) groups is 1. The van der Waals surface area contributed by atoms with E-state index in [-0.39, 0.29) is 5.78 Å². The lowest BCUT2D eigenvalue weighted by Gasteiger charge is -1.99. The molecule has 0 unspecified atom stereocenters. The predicted octanol–water partition coefficient (Wildman–Crippen LogP) is 4.04. The van der Waals surface area contributed by atoms with E-state index in [9.17, 15) is 4.79 Å². The molecule has 0 aromatic heterocycles. The summed E-state index contributed by atoms with van der Waals surface area (Å²) in [6, 6.07) is 0. The van der Waals surface area contributed by atoms with Crippen LogP contribution in [0.15, 0.2) is 35.2 Å². The summed E-state index contributed by atoms with van der Waals surface area (Å²) < 4.78 is 0. The van der Waals surface area contributed by atoms with Gasteiger partial charge < -0.3 is 5.32 Å². The highest BCUT2D eigenvalue weighted by Gasteiger charge is 1.95. The molecular formula is C13H18Cl2NOP. The summed E-state index contributed by atoms with van der Waals surface area (Å²) in [4.78, 5) is 11.4. The van der Waals surface area contributed by atoms with Crippen LogP contribution in [0.5, 0.6) is 0 Å². The van der Waals surface area contributed by atoms with E-state index in [4.69, 9.17) is 23.2 Å². The van der Waals surface area contributed by atoms with Crippen LogP contribution >= 0.6 is 32.1 Å². The van der Waals surface area contributed by atoms with E-state index in [1.54, 1.807) is 18.4 Å². The first-order valence-electron chi connectivity index (χ1n) is 5.65. The lowest BCUT2D eigenvalue weighted by Crippen LogP contribution is -2.03. The SMILES string of the molecule is C/C(=C\C(Cl)=C/CCl)N/C=C/C(=O)CCCC=P. The molecule has 0 bridgehead atoms. The highest BCUT2D eigenvalue weighted by atomic mass is 35.5. The van der Waals surface area contributed by atoms with Gasteiger partial charge in [-0.2, -0.15) is 0 Å². The summed E-state index contributed by atoms with van der Waals surface area (Å²) in [7, 11) is 3.25. The molecule has 0 aliphatic heterocycles. The molecule has 0 aliphatic carbocycles. The number of hydrogen-bond donors (Lipinski definition) is 1. The van der Waals surface area contributed by atoms with Crippen molar-refractivity contribution >= 4 is 43.6 Å². The zero-order valence-corrected chi connectivity index (χ0v) is 12.9. The molecule has 0 amide bonds. The van der Waals surface area contributed by atoms with Crippen molar-refractivity contribution in [1.29, 1.82) is 0 Å². The fourth-order valence-electron chi connectivity index (χ4n) is 1.11.